The van der Waals surface area contributed by atoms with Crippen LogP contribution in [0, 0.1) is 17.6 Å². The van der Waals surface area contributed by atoms with Gasteiger partial charge in [0.25, 0.3) is 0 Å². The monoisotopic (exact) mass is 543 g/mol. The van der Waals surface area contributed by atoms with E-state index in [1.165, 1.54) is 60.7 Å². The van der Waals surface area contributed by atoms with Crippen LogP contribution in [0.25, 0.3) is 0 Å². The zero-order chi connectivity index (χ0) is 27.0. The topological polar surface area (TPSA) is 87.1 Å². The average Bonchev–Trinajstić information content (AvgIpc) is 2.84. The van der Waals surface area contributed by atoms with E-state index in [2.05, 4.69) is 4.18 Å². The van der Waals surface area contributed by atoms with Crippen LogP contribution in [0.1, 0.15) is 36.1 Å². The van der Waals surface area contributed by atoms with Crippen LogP contribution in [0.2, 0.25) is 0 Å². The minimum absolute atomic E-state index is 0.214. The van der Waals surface area contributed by atoms with Gasteiger partial charge in [0, 0.05) is 11.6 Å². The summed E-state index contributed by atoms with van der Waals surface area (Å²) >= 11 is 0. The van der Waals surface area contributed by atoms with Gasteiger partial charge in [0.2, 0.25) is 0 Å². The molecule has 1 fully saturated rings. The van der Waals surface area contributed by atoms with Crippen LogP contribution in [-0.4, -0.2) is 30.4 Å². The summed E-state index contributed by atoms with van der Waals surface area (Å²) in [6, 6.07) is 15.0. The van der Waals surface area contributed by atoms with Crippen LogP contribution >= 0.6 is 0 Å². The summed E-state index contributed by atoms with van der Waals surface area (Å²) in [7, 11) is -5.84. The Kier molecular flexibility index (Phi) is 7.45. The maximum atomic E-state index is 13.5. The molecule has 0 saturated carbocycles. The quantitative estimate of drug-likeness (QED) is 0.231. The molecule has 6 nitrogen and oxygen atoms in total. The van der Waals surface area contributed by atoms with Crippen molar-refractivity contribution in [3.8, 4) is 5.75 Å². The molecule has 12 heteroatoms. The normalized spacial score (nSPS) is 20.8. The summed E-state index contributed by atoms with van der Waals surface area (Å²) < 4.78 is 91.2. The fourth-order valence-corrected chi connectivity index (χ4v) is 4.84. The maximum Gasteiger partial charge on any atom is 0.534 e. The minimum atomic E-state index is -5.84. The molecule has 3 aromatic rings. The van der Waals surface area contributed by atoms with Crippen LogP contribution in [0.3, 0.4) is 0 Å². The van der Waals surface area contributed by atoms with Gasteiger partial charge >= 0.3 is 15.6 Å². The molecule has 198 valence electrons. The Hall–Kier alpha value is -3.22. The summed E-state index contributed by atoms with van der Waals surface area (Å²) in [4.78, 5) is 1.58. The van der Waals surface area contributed by atoms with E-state index in [1.807, 2.05) is 0 Å². The Morgan fingerprint density at radius 1 is 0.892 bits per heavy atom. The van der Waals surface area contributed by atoms with Gasteiger partial charge in [-0.25, -0.2) is 8.78 Å². The second kappa shape index (κ2) is 10.3. The molecule has 4 rings (SSSR count). The first-order valence-corrected chi connectivity index (χ1v) is 12.5. The lowest BCUT2D eigenvalue weighted by molar-refractivity contribution is -0.0500. The smallest absolute Gasteiger partial charge is 0.388 e. The van der Waals surface area contributed by atoms with E-state index in [9.17, 15) is 40.6 Å². The molecule has 0 bridgehead atoms. The molecule has 1 aliphatic rings. The summed E-state index contributed by atoms with van der Waals surface area (Å²) in [5.41, 5.74) is -4.09. The molecule has 0 aromatic heterocycles. The van der Waals surface area contributed by atoms with Gasteiger partial charge in [-0.15, -0.1) is 0 Å². The van der Waals surface area contributed by atoms with Crippen LogP contribution in [0.15, 0.2) is 72.8 Å². The molecular weight excluding hydrogens is 521 g/mol. The third kappa shape index (κ3) is 5.71. The number of hydrogen-bond donors (Lipinski definition) is 2. The lowest BCUT2D eigenvalue weighted by Crippen LogP contribution is -2.58. The number of benzene rings is 3. The van der Waals surface area contributed by atoms with Gasteiger partial charge in [-0.1, -0.05) is 24.3 Å². The Balaban J connectivity index is 1.56. The Bertz CT molecular complexity index is 1320. The van der Waals surface area contributed by atoms with E-state index >= 15 is 0 Å². The summed E-state index contributed by atoms with van der Waals surface area (Å²) in [6.45, 7) is 0. The average molecular weight is 544 g/mol. The highest BCUT2D eigenvalue weighted by Gasteiger charge is 2.49. The van der Waals surface area contributed by atoms with Crippen LogP contribution in [0.4, 0.5) is 27.6 Å². The van der Waals surface area contributed by atoms with Gasteiger partial charge in [-0.05, 0) is 72.5 Å². The number of nitrogens with zero attached hydrogens (tertiary/aromatic N) is 1. The second-order valence-electron chi connectivity index (χ2n) is 8.60. The van der Waals surface area contributed by atoms with Crippen molar-refractivity contribution in [2.45, 2.75) is 36.7 Å². The molecule has 1 aliphatic heterocycles. The number of aliphatic hydroxyl groups excluding tert-OH is 2. The first-order valence-electron chi connectivity index (χ1n) is 11.1. The van der Waals surface area contributed by atoms with Crippen molar-refractivity contribution in [2.24, 2.45) is 5.92 Å². The van der Waals surface area contributed by atoms with Crippen LogP contribution < -0.4 is 9.08 Å². The summed E-state index contributed by atoms with van der Waals surface area (Å²) in [6.07, 6.45) is -1.44. The van der Waals surface area contributed by atoms with E-state index in [1.54, 1.807) is 4.90 Å². The van der Waals surface area contributed by atoms with Gasteiger partial charge in [0.05, 0.1) is 12.1 Å². The molecule has 0 aliphatic carbocycles. The van der Waals surface area contributed by atoms with Crippen molar-refractivity contribution in [3.63, 3.8) is 0 Å². The van der Waals surface area contributed by atoms with E-state index in [4.69, 9.17) is 0 Å². The highest BCUT2D eigenvalue weighted by molar-refractivity contribution is 7.88. The molecule has 0 spiro atoms. The number of alkyl halides is 3. The third-order valence-corrected chi connectivity index (χ3v) is 7.22. The number of aliphatic hydroxyl groups is 2. The fourth-order valence-electron chi connectivity index (χ4n) is 4.38. The molecule has 37 heavy (non-hydrogen) atoms. The van der Waals surface area contributed by atoms with Crippen molar-refractivity contribution in [3.05, 3.63) is 95.6 Å². The standard InChI is InChI=1S/C25H22F5NO5S/c26-17-5-1-15(2-6-17)22(32)14-13-21-23(31(24(21)33)19-9-7-18(27)8-10-19)16-3-11-20(12-4-16)36-37(34,35)25(28,29)30/h1-12,21-24,32-33H,13-14H2/t21?,22?,23-,24?/m1/s1. The molecule has 0 amide bonds. The number of rotatable bonds is 8. The Labute approximate surface area is 209 Å². The van der Waals surface area contributed by atoms with Gasteiger partial charge in [-0.2, -0.15) is 21.6 Å². The first-order chi connectivity index (χ1) is 17.4. The van der Waals surface area contributed by atoms with Gasteiger partial charge in [0.15, 0.2) is 0 Å². The number of halogens is 5. The third-order valence-electron chi connectivity index (χ3n) is 6.24. The second-order valence-corrected chi connectivity index (χ2v) is 10.1. The lowest BCUT2D eigenvalue weighted by Gasteiger charge is -2.54. The number of hydrogen-bond acceptors (Lipinski definition) is 6. The van der Waals surface area contributed by atoms with Crippen molar-refractivity contribution in [1.82, 2.24) is 0 Å². The predicted octanol–water partition coefficient (Wildman–Crippen LogP) is 5.20. The van der Waals surface area contributed by atoms with E-state index in [0.29, 0.717) is 23.2 Å². The van der Waals surface area contributed by atoms with Gasteiger partial charge < -0.3 is 19.3 Å². The molecule has 1 heterocycles. The zero-order valence-corrected chi connectivity index (χ0v) is 19.8. The lowest BCUT2D eigenvalue weighted by atomic mass is 9.77. The van der Waals surface area contributed by atoms with E-state index in [0.717, 1.165) is 12.1 Å². The molecule has 3 aromatic carbocycles. The molecule has 1 saturated heterocycles. The van der Waals surface area contributed by atoms with Crippen LogP contribution in [0.5, 0.6) is 5.75 Å². The van der Waals surface area contributed by atoms with Gasteiger partial charge in [0.1, 0.15) is 23.6 Å². The van der Waals surface area contributed by atoms with Crippen molar-refractivity contribution in [1.29, 1.82) is 0 Å². The predicted molar refractivity (Wildman–Crippen MR) is 124 cm³/mol. The highest BCUT2D eigenvalue weighted by atomic mass is 32.2. The largest absolute Gasteiger partial charge is 0.534 e. The Morgan fingerprint density at radius 3 is 1.97 bits per heavy atom. The molecular formula is C25H22F5NO5S. The van der Waals surface area contributed by atoms with Crippen molar-refractivity contribution >= 4 is 15.8 Å². The van der Waals surface area contributed by atoms with Crippen LogP contribution in [-0.2, 0) is 10.1 Å². The van der Waals surface area contributed by atoms with E-state index < -0.39 is 57.3 Å². The molecule has 2 N–H and O–H groups in total. The Morgan fingerprint density at radius 2 is 1.43 bits per heavy atom. The fraction of sp³-hybridized carbons (Fsp3) is 0.280. The SMILES string of the molecule is O=S(=O)(Oc1ccc([C@@H]2C(CCC(O)c3ccc(F)cc3)C(O)N2c2ccc(F)cc2)cc1)C(F)(F)F. The first kappa shape index (κ1) is 26.8. The van der Waals surface area contributed by atoms with E-state index in [-0.39, 0.29) is 6.42 Å². The van der Waals surface area contributed by atoms with Gasteiger partial charge in [-0.3, -0.25) is 0 Å². The molecule has 3 unspecified atom stereocenters. The van der Waals surface area contributed by atoms with Crippen molar-refractivity contribution in [2.75, 3.05) is 4.90 Å². The molecule has 4 atom stereocenters. The maximum absolute atomic E-state index is 13.5. The highest BCUT2D eigenvalue weighted by Crippen LogP contribution is 2.49. The number of anilines is 1. The minimum Gasteiger partial charge on any atom is -0.388 e. The molecule has 0 radical (unpaired) electrons. The zero-order valence-electron chi connectivity index (χ0n) is 19.0. The summed E-state index contributed by atoms with van der Waals surface area (Å²) in [5, 5.41) is 21.4. The van der Waals surface area contributed by atoms with Crippen molar-refractivity contribution < 1.29 is 44.8 Å². The summed E-state index contributed by atoms with van der Waals surface area (Å²) in [5.74, 6) is -1.93.